The second kappa shape index (κ2) is 24.5. The Hall–Kier alpha value is -6.18. The number of nitrogens with zero attached hydrogens (tertiary/aromatic N) is 4. The molecule has 1 aliphatic carbocycles. The third-order valence-corrected chi connectivity index (χ3v) is 14.2. The predicted molar refractivity (Wildman–Crippen MR) is 273 cm³/mol. The number of fused-ring (bicyclic) bond motifs is 3. The first-order chi connectivity index (χ1) is 34.8. The zero-order valence-corrected chi connectivity index (χ0v) is 41.2. The van der Waals surface area contributed by atoms with Crippen molar-refractivity contribution in [2.75, 3.05) is 70.5 Å². The van der Waals surface area contributed by atoms with Crippen LogP contribution in [0.15, 0.2) is 103 Å². The number of carbonyl (C=O) groups excluding carboxylic acids is 3. The van der Waals surface area contributed by atoms with Crippen molar-refractivity contribution in [3.8, 4) is 11.1 Å². The number of benzene rings is 4. The maximum Gasteiger partial charge on any atom is 0.409 e. The maximum absolute atomic E-state index is 14.5. The van der Waals surface area contributed by atoms with E-state index in [1.807, 2.05) is 90.7 Å². The van der Waals surface area contributed by atoms with E-state index in [-0.39, 0.29) is 85.4 Å². The van der Waals surface area contributed by atoms with Gasteiger partial charge in [-0.15, -0.1) is 0 Å². The van der Waals surface area contributed by atoms with Crippen molar-refractivity contribution in [1.82, 2.24) is 30.4 Å². The number of likely N-dealkylation sites (tertiary alicyclic amines) is 1. The molecule has 2 saturated heterocycles. The highest BCUT2D eigenvalue weighted by Gasteiger charge is 2.39. The molecule has 0 spiro atoms. The summed E-state index contributed by atoms with van der Waals surface area (Å²) in [7, 11) is 0. The Morgan fingerprint density at radius 1 is 0.889 bits per heavy atom. The van der Waals surface area contributed by atoms with Gasteiger partial charge < -0.3 is 61.4 Å². The van der Waals surface area contributed by atoms with Crippen LogP contribution >= 0.6 is 11.6 Å². The van der Waals surface area contributed by atoms with Crippen LogP contribution in [0.1, 0.15) is 76.2 Å². The van der Waals surface area contributed by atoms with Gasteiger partial charge in [-0.2, -0.15) is 0 Å². The van der Waals surface area contributed by atoms with Gasteiger partial charge in [0, 0.05) is 57.2 Å². The van der Waals surface area contributed by atoms with Crippen LogP contribution in [0.25, 0.3) is 11.1 Å². The van der Waals surface area contributed by atoms with E-state index in [2.05, 4.69) is 44.9 Å². The molecular weight excluding hydrogens is 940 g/mol. The predicted octanol–water partition coefficient (Wildman–Crippen LogP) is 5.25. The lowest BCUT2D eigenvalue weighted by molar-refractivity contribution is -0.282. The molecule has 5 aromatic rings. The van der Waals surface area contributed by atoms with E-state index in [0.717, 1.165) is 38.9 Å². The molecule has 0 bridgehead atoms. The SMILES string of the molecule is Cc1ccccc1C[C@@H](CNC(=O)c1nc(Cl)c(N)nc1N)CN(CC1CCN(C(=O)CCCNC[C@H](O)[C@@H](O)[C@@H]2O[C@H](c3ccccc3)OC[C@H]2O)CC1)C(=O)OCC1c2ccccc2-c2ccccc21. The third-order valence-electron chi connectivity index (χ3n) is 13.9. The van der Waals surface area contributed by atoms with Crippen molar-refractivity contribution in [3.05, 3.63) is 142 Å². The Labute approximate surface area is 424 Å². The fraction of sp³-hybridized carbons (Fsp3) is 0.426. The highest BCUT2D eigenvalue weighted by atomic mass is 35.5. The van der Waals surface area contributed by atoms with Gasteiger partial charge in [-0.25, -0.2) is 14.8 Å². The molecule has 17 nitrogen and oxygen atoms in total. The maximum atomic E-state index is 14.5. The van der Waals surface area contributed by atoms with E-state index in [9.17, 15) is 29.7 Å². The zero-order valence-electron chi connectivity index (χ0n) is 40.4. The molecule has 3 aliphatic rings. The highest BCUT2D eigenvalue weighted by Crippen LogP contribution is 2.44. The topological polar surface area (TPSA) is 248 Å². The number of aliphatic hydroxyl groups is 3. The van der Waals surface area contributed by atoms with E-state index in [4.69, 9.17) is 37.3 Å². The molecule has 18 heteroatoms. The minimum absolute atomic E-state index is 0.0108. The Kier molecular flexibility index (Phi) is 17.7. The number of amides is 3. The number of rotatable bonds is 20. The summed E-state index contributed by atoms with van der Waals surface area (Å²) < 4.78 is 17.7. The van der Waals surface area contributed by atoms with E-state index in [1.165, 1.54) is 0 Å². The third kappa shape index (κ3) is 12.9. The summed E-state index contributed by atoms with van der Waals surface area (Å²) in [6, 6.07) is 33.6. The second-order valence-electron chi connectivity index (χ2n) is 19.0. The van der Waals surface area contributed by atoms with Gasteiger partial charge >= 0.3 is 6.09 Å². The number of nitrogen functional groups attached to an aromatic ring is 2. The number of hydrogen-bond donors (Lipinski definition) is 7. The number of nitrogens with two attached hydrogens (primary N) is 2. The monoisotopic (exact) mass is 1000 g/mol. The Morgan fingerprint density at radius 3 is 2.26 bits per heavy atom. The molecule has 6 atom stereocenters. The standard InChI is InChI=1S/C54H65ClN8O9/c1-33-12-5-6-15-37(33)26-35(27-59-52(68)46-50(56)61-51(57)49(55)60-46)30-63(54(69)71-31-42-40-18-9-7-16-38(40)39-17-8-10-19-41(39)42)29-34-21-24-62(25-22-34)45(66)20-11-23-58-28-43(64)47(67)48-44(65)32-70-53(72-48)36-13-3-2-4-14-36/h2-10,12-19,34-35,42-44,47-48,53,58,64-65,67H,11,20-32H2,1H3,(H,59,68)(H4,56,57,61)/t35-,43-,44+,47+,48+,53+/m0/s1. The molecule has 0 radical (unpaired) electrons. The van der Waals surface area contributed by atoms with Gasteiger partial charge in [0.05, 0.1) is 12.7 Å². The van der Waals surface area contributed by atoms with Gasteiger partial charge in [0.25, 0.3) is 5.91 Å². The van der Waals surface area contributed by atoms with E-state index < -0.39 is 42.7 Å². The largest absolute Gasteiger partial charge is 0.448 e. The van der Waals surface area contributed by atoms with Gasteiger partial charge in [-0.3, -0.25) is 9.59 Å². The molecule has 382 valence electrons. The molecule has 0 saturated carbocycles. The van der Waals surface area contributed by atoms with Crippen LogP contribution in [-0.4, -0.2) is 136 Å². The number of anilines is 2. The van der Waals surface area contributed by atoms with Crippen molar-refractivity contribution >= 4 is 41.1 Å². The summed E-state index contributed by atoms with van der Waals surface area (Å²) in [4.78, 5) is 53.2. The number of ether oxygens (including phenoxy) is 3. The Balaban J connectivity index is 0.878. The van der Waals surface area contributed by atoms with Crippen LogP contribution in [-0.2, 0) is 25.4 Å². The fourth-order valence-electron chi connectivity index (χ4n) is 9.94. The first kappa shape index (κ1) is 52.2. The molecule has 2 aliphatic heterocycles. The summed E-state index contributed by atoms with van der Waals surface area (Å²) in [5.41, 5.74) is 19.0. The number of aliphatic hydroxyl groups excluding tert-OH is 3. The number of aryl methyl sites for hydroxylation is 1. The number of halogens is 1. The van der Waals surface area contributed by atoms with Crippen LogP contribution in [0.2, 0.25) is 5.15 Å². The molecule has 0 unspecified atom stereocenters. The smallest absolute Gasteiger partial charge is 0.409 e. The van der Waals surface area contributed by atoms with Gasteiger partial charge in [0.2, 0.25) is 5.91 Å². The highest BCUT2D eigenvalue weighted by molar-refractivity contribution is 6.31. The zero-order chi connectivity index (χ0) is 50.7. The van der Waals surface area contributed by atoms with Crippen LogP contribution < -0.4 is 22.1 Å². The van der Waals surface area contributed by atoms with E-state index in [1.54, 1.807) is 4.90 Å². The summed E-state index contributed by atoms with van der Waals surface area (Å²) in [6.07, 6.45) is -3.36. The van der Waals surface area contributed by atoms with Crippen molar-refractivity contribution < 1.29 is 43.9 Å². The quantitative estimate of drug-likeness (QED) is 0.0493. The number of nitrogens with one attached hydrogen (secondary N) is 2. The summed E-state index contributed by atoms with van der Waals surface area (Å²) in [5, 5.41) is 38.1. The lowest BCUT2D eigenvalue weighted by atomic mass is 9.93. The van der Waals surface area contributed by atoms with Gasteiger partial charge in [0.15, 0.2) is 28.8 Å². The van der Waals surface area contributed by atoms with E-state index >= 15 is 0 Å². The first-order valence-electron chi connectivity index (χ1n) is 24.7. The number of aromatic nitrogens is 2. The summed E-state index contributed by atoms with van der Waals surface area (Å²) in [5.74, 6) is -1.16. The lowest BCUT2D eigenvalue weighted by Crippen LogP contribution is -2.53. The average molecular weight is 1010 g/mol. The van der Waals surface area contributed by atoms with Crippen LogP contribution in [0.3, 0.4) is 0 Å². The van der Waals surface area contributed by atoms with Crippen molar-refractivity contribution in [1.29, 1.82) is 0 Å². The molecule has 1 aromatic heterocycles. The lowest BCUT2D eigenvalue weighted by Gasteiger charge is -2.38. The van der Waals surface area contributed by atoms with Crippen LogP contribution in [0.4, 0.5) is 16.4 Å². The van der Waals surface area contributed by atoms with Gasteiger partial charge in [-0.05, 0) is 84.4 Å². The van der Waals surface area contributed by atoms with Gasteiger partial charge in [0.1, 0.15) is 24.9 Å². The Morgan fingerprint density at radius 2 is 1.56 bits per heavy atom. The first-order valence-corrected chi connectivity index (χ1v) is 25.1. The number of carbonyl (C=O) groups is 3. The molecule has 2 fully saturated rings. The minimum Gasteiger partial charge on any atom is -0.448 e. The molecule has 4 aromatic carbocycles. The van der Waals surface area contributed by atoms with Gasteiger partial charge in [-0.1, -0.05) is 115 Å². The number of hydrogen-bond acceptors (Lipinski definition) is 14. The number of piperidine rings is 1. The average Bonchev–Trinajstić information content (AvgIpc) is 3.71. The minimum atomic E-state index is -1.37. The Bertz CT molecular complexity index is 2590. The second-order valence-corrected chi connectivity index (χ2v) is 19.3. The molecule has 9 N–H and O–H groups in total. The van der Waals surface area contributed by atoms with Crippen molar-refractivity contribution in [3.63, 3.8) is 0 Å². The molecular formula is C54H65ClN8O9. The molecule has 3 amide bonds. The van der Waals surface area contributed by atoms with Crippen LogP contribution in [0, 0.1) is 18.8 Å². The van der Waals surface area contributed by atoms with E-state index in [0.29, 0.717) is 51.9 Å². The fourth-order valence-corrected chi connectivity index (χ4v) is 10.1. The normalized spacial score (nSPS) is 19.2. The molecule has 3 heterocycles. The summed E-state index contributed by atoms with van der Waals surface area (Å²) >= 11 is 6.12. The molecule has 72 heavy (non-hydrogen) atoms. The summed E-state index contributed by atoms with van der Waals surface area (Å²) in [6.45, 7) is 4.40. The molecule has 8 rings (SSSR count). The van der Waals surface area contributed by atoms with Crippen LogP contribution in [0.5, 0.6) is 0 Å². The van der Waals surface area contributed by atoms with Crippen molar-refractivity contribution in [2.45, 2.75) is 75.7 Å². The van der Waals surface area contributed by atoms with Crippen molar-refractivity contribution in [2.24, 2.45) is 11.8 Å².